The van der Waals surface area contributed by atoms with Crippen molar-refractivity contribution in [3.8, 4) is 0 Å². The van der Waals surface area contributed by atoms with E-state index in [0.717, 1.165) is 17.9 Å². The minimum absolute atomic E-state index is 0.0995. The van der Waals surface area contributed by atoms with Crippen LogP contribution in [0, 0.1) is 12.8 Å². The van der Waals surface area contributed by atoms with Crippen LogP contribution in [0.15, 0.2) is 48.5 Å². The molecule has 0 N–H and O–H groups in total. The van der Waals surface area contributed by atoms with Crippen molar-refractivity contribution in [2.75, 3.05) is 4.90 Å². The van der Waals surface area contributed by atoms with Gasteiger partial charge >= 0.3 is 0 Å². The maximum absolute atomic E-state index is 12.5. The number of hydrogen-bond donors (Lipinski definition) is 0. The van der Waals surface area contributed by atoms with Gasteiger partial charge in [-0.05, 0) is 49.6 Å². The van der Waals surface area contributed by atoms with Crippen molar-refractivity contribution in [2.24, 2.45) is 5.92 Å². The van der Waals surface area contributed by atoms with E-state index >= 15 is 0 Å². The molecule has 2 aromatic rings. The van der Waals surface area contributed by atoms with Crippen LogP contribution in [-0.2, 0) is 4.79 Å². The highest BCUT2D eigenvalue weighted by atomic mass is 35.5. The number of anilines is 1. The predicted molar refractivity (Wildman–Crippen MR) is 94.0 cm³/mol. The summed E-state index contributed by atoms with van der Waals surface area (Å²) < 4.78 is 0. The molecule has 0 aromatic heterocycles. The molecular weight excluding hydrogens is 306 g/mol. The molecule has 2 nitrogen and oxygen atoms in total. The Labute approximate surface area is 142 Å². The first-order chi connectivity index (χ1) is 11.1. The minimum Gasteiger partial charge on any atom is -0.360 e. The number of Topliss-reactive ketones (excluding diaryl/α,β-unsaturated/α-hetero) is 1. The summed E-state index contributed by atoms with van der Waals surface area (Å²) in [7, 11) is 0. The number of rotatable bonds is 2. The fraction of sp³-hybridized carbons (Fsp3) is 0.350. The molecule has 2 aliphatic heterocycles. The Kier molecular flexibility index (Phi) is 3.65. The fourth-order valence-corrected chi connectivity index (χ4v) is 4.28. The number of aryl methyl sites for hydroxylation is 1. The summed E-state index contributed by atoms with van der Waals surface area (Å²) in [5, 5.41) is 0.739. The SMILES string of the molecule is Cc1ccc(N2[C@@H]3CC[C@@H](C(=O)C3)[C@@H]2c2ccc(Cl)cc2)cc1. The van der Waals surface area contributed by atoms with Gasteiger partial charge in [-0.25, -0.2) is 0 Å². The smallest absolute Gasteiger partial charge is 0.140 e. The van der Waals surface area contributed by atoms with Crippen LogP contribution < -0.4 is 4.90 Å². The molecule has 23 heavy (non-hydrogen) atoms. The van der Waals surface area contributed by atoms with Crippen LogP contribution in [0.5, 0.6) is 0 Å². The summed E-state index contributed by atoms with van der Waals surface area (Å²) in [6.07, 6.45) is 2.79. The molecule has 3 atom stereocenters. The van der Waals surface area contributed by atoms with Crippen LogP contribution in [0.4, 0.5) is 5.69 Å². The zero-order valence-electron chi connectivity index (χ0n) is 13.2. The number of fused-ring (bicyclic) bond motifs is 3. The number of ketones is 1. The molecule has 2 bridgehead atoms. The van der Waals surface area contributed by atoms with Crippen LogP contribution in [0.2, 0.25) is 5.02 Å². The Morgan fingerprint density at radius 2 is 1.70 bits per heavy atom. The van der Waals surface area contributed by atoms with E-state index in [2.05, 4.69) is 48.2 Å². The van der Waals surface area contributed by atoms with Crippen molar-refractivity contribution < 1.29 is 4.79 Å². The van der Waals surface area contributed by atoms with Crippen molar-refractivity contribution in [3.63, 3.8) is 0 Å². The van der Waals surface area contributed by atoms with Crippen molar-refractivity contribution in [1.29, 1.82) is 0 Å². The third-order valence-corrected chi connectivity index (χ3v) is 5.53. The first-order valence-electron chi connectivity index (χ1n) is 8.26. The van der Waals surface area contributed by atoms with E-state index in [-0.39, 0.29) is 12.0 Å². The number of carbonyl (C=O) groups is 1. The van der Waals surface area contributed by atoms with E-state index in [4.69, 9.17) is 11.6 Å². The summed E-state index contributed by atoms with van der Waals surface area (Å²) in [4.78, 5) is 15.0. The van der Waals surface area contributed by atoms with Gasteiger partial charge in [0.2, 0.25) is 0 Å². The lowest BCUT2D eigenvalue weighted by Crippen LogP contribution is -2.54. The third kappa shape index (κ3) is 2.55. The Balaban J connectivity index is 1.79. The molecule has 5 rings (SSSR count). The summed E-state index contributed by atoms with van der Waals surface area (Å²) in [5.41, 5.74) is 3.67. The molecule has 3 fully saturated rings. The van der Waals surface area contributed by atoms with E-state index in [1.165, 1.54) is 16.8 Å². The highest BCUT2D eigenvalue weighted by Crippen LogP contribution is 2.47. The Morgan fingerprint density at radius 1 is 1.00 bits per heavy atom. The van der Waals surface area contributed by atoms with E-state index in [1.54, 1.807) is 0 Å². The van der Waals surface area contributed by atoms with Crippen molar-refractivity contribution in [3.05, 3.63) is 64.7 Å². The van der Waals surface area contributed by atoms with Crippen molar-refractivity contribution >= 4 is 23.1 Å². The summed E-state index contributed by atoms with van der Waals surface area (Å²) in [6, 6.07) is 17.1. The van der Waals surface area contributed by atoms with E-state index in [0.29, 0.717) is 18.2 Å². The molecule has 0 unspecified atom stereocenters. The molecule has 118 valence electrons. The monoisotopic (exact) mass is 325 g/mol. The number of halogens is 1. The molecule has 1 saturated carbocycles. The average Bonchev–Trinajstić information content (AvgIpc) is 2.56. The first-order valence-corrected chi connectivity index (χ1v) is 8.64. The van der Waals surface area contributed by atoms with Gasteiger partial charge in [-0.1, -0.05) is 41.4 Å². The molecule has 1 aliphatic carbocycles. The number of carbonyl (C=O) groups excluding carboxylic acids is 1. The van der Waals surface area contributed by atoms with Gasteiger partial charge in [0.05, 0.1) is 6.04 Å². The second-order valence-corrected chi connectivity index (χ2v) is 7.18. The number of hydrogen-bond acceptors (Lipinski definition) is 2. The summed E-state index contributed by atoms with van der Waals surface area (Å²) >= 11 is 6.05. The number of benzene rings is 2. The minimum atomic E-state index is 0.0995. The standard InChI is InChI=1S/C20H20ClNO/c1-13-2-8-16(9-3-13)22-17-10-11-18(19(23)12-17)20(22)14-4-6-15(21)7-5-14/h2-9,17-18,20H,10-12H2,1H3/t17-,18+,20+/m1/s1. The summed E-state index contributed by atoms with van der Waals surface area (Å²) in [6.45, 7) is 2.10. The second kappa shape index (κ2) is 5.68. The highest BCUT2D eigenvalue weighted by Gasteiger charge is 2.47. The zero-order chi connectivity index (χ0) is 16.0. The second-order valence-electron chi connectivity index (χ2n) is 6.75. The lowest BCUT2D eigenvalue weighted by molar-refractivity contribution is -0.128. The lowest BCUT2D eigenvalue weighted by Gasteiger charge is -2.52. The predicted octanol–water partition coefficient (Wildman–Crippen LogP) is 4.95. The van der Waals surface area contributed by atoms with Gasteiger partial charge in [0.1, 0.15) is 5.78 Å². The molecule has 3 heteroatoms. The van der Waals surface area contributed by atoms with Crippen LogP contribution in [-0.4, -0.2) is 11.8 Å². The van der Waals surface area contributed by atoms with E-state index in [1.807, 2.05) is 12.1 Å². The van der Waals surface area contributed by atoms with Crippen molar-refractivity contribution in [1.82, 2.24) is 0 Å². The first kappa shape index (κ1) is 14.8. The quantitative estimate of drug-likeness (QED) is 0.778. The normalized spacial score (nSPS) is 26.6. The van der Waals surface area contributed by atoms with Crippen LogP contribution in [0.1, 0.15) is 36.4 Å². The highest BCUT2D eigenvalue weighted by molar-refractivity contribution is 6.30. The third-order valence-electron chi connectivity index (χ3n) is 5.28. The number of nitrogens with zero attached hydrogens (tertiary/aromatic N) is 1. The molecule has 2 heterocycles. The van der Waals surface area contributed by atoms with Gasteiger partial charge < -0.3 is 4.90 Å². The number of piperidine rings is 2. The van der Waals surface area contributed by atoms with Crippen LogP contribution in [0.25, 0.3) is 0 Å². The van der Waals surface area contributed by atoms with E-state index in [9.17, 15) is 4.79 Å². The Bertz CT molecular complexity index is 722. The van der Waals surface area contributed by atoms with Gasteiger partial charge in [0.25, 0.3) is 0 Å². The largest absolute Gasteiger partial charge is 0.360 e. The van der Waals surface area contributed by atoms with Gasteiger partial charge in [-0.2, -0.15) is 0 Å². The van der Waals surface area contributed by atoms with E-state index < -0.39 is 0 Å². The maximum atomic E-state index is 12.5. The van der Waals surface area contributed by atoms with Crippen LogP contribution in [0.3, 0.4) is 0 Å². The summed E-state index contributed by atoms with van der Waals surface area (Å²) in [5.74, 6) is 0.520. The van der Waals surface area contributed by atoms with Gasteiger partial charge in [-0.3, -0.25) is 4.79 Å². The van der Waals surface area contributed by atoms with Gasteiger partial charge in [0.15, 0.2) is 0 Å². The maximum Gasteiger partial charge on any atom is 0.140 e. The Hall–Kier alpha value is -1.80. The zero-order valence-corrected chi connectivity index (χ0v) is 14.0. The molecule has 2 aromatic carbocycles. The van der Waals surface area contributed by atoms with Crippen molar-refractivity contribution in [2.45, 2.75) is 38.3 Å². The molecule has 0 amide bonds. The fourth-order valence-electron chi connectivity index (χ4n) is 4.15. The molecule has 2 saturated heterocycles. The van der Waals surface area contributed by atoms with Crippen LogP contribution >= 0.6 is 11.6 Å². The molecule has 0 radical (unpaired) electrons. The lowest BCUT2D eigenvalue weighted by atomic mass is 9.71. The van der Waals surface area contributed by atoms with Gasteiger partial charge in [-0.15, -0.1) is 0 Å². The average molecular weight is 326 g/mol. The molecular formula is C20H20ClNO. The topological polar surface area (TPSA) is 20.3 Å². The molecule has 0 spiro atoms. The Morgan fingerprint density at radius 3 is 2.35 bits per heavy atom. The molecule has 3 aliphatic rings. The van der Waals surface area contributed by atoms with Gasteiger partial charge in [0, 0.05) is 29.1 Å².